The Bertz CT molecular complexity index is 235. The number of carbonyl (C=O) groups excluding carboxylic acids is 1. The van der Waals surface area contributed by atoms with Crippen molar-refractivity contribution in [3.05, 3.63) is 0 Å². The summed E-state index contributed by atoms with van der Waals surface area (Å²) in [6.45, 7) is 4.35. The van der Waals surface area contributed by atoms with Crippen molar-refractivity contribution < 1.29 is 9.53 Å². The number of thioether (sulfide) groups is 1. The minimum atomic E-state index is -0.124. The molecule has 3 nitrogen and oxygen atoms in total. The van der Waals surface area contributed by atoms with Crippen molar-refractivity contribution in [1.82, 2.24) is 5.32 Å². The van der Waals surface area contributed by atoms with E-state index in [0.29, 0.717) is 12.6 Å². The summed E-state index contributed by atoms with van der Waals surface area (Å²) >= 11 is 1.95. The molecule has 0 aromatic carbocycles. The lowest BCUT2D eigenvalue weighted by molar-refractivity contribution is -0.146. The lowest BCUT2D eigenvalue weighted by atomic mass is 9.94. The SMILES string of the molecule is CCOC(=O)C(CC)NC1CCCC(SC)C1. The van der Waals surface area contributed by atoms with Gasteiger partial charge in [0.1, 0.15) is 6.04 Å². The number of rotatable bonds is 6. The highest BCUT2D eigenvalue weighted by atomic mass is 32.2. The van der Waals surface area contributed by atoms with Crippen LogP contribution in [0.2, 0.25) is 0 Å². The van der Waals surface area contributed by atoms with Gasteiger partial charge in [-0.15, -0.1) is 0 Å². The molecule has 1 aliphatic carbocycles. The summed E-state index contributed by atoms with van der Waals surface area (Å²) < 4.78 is 5.08. The second-order valence-corrected chi connectivity index (χ2v) is 5.74. The summed E-state index contributed by atoms with van der Waals surface area (Å²) in [6.07, 6.45) is 7.93. The molecule has 0 spiro atoms. The van der Waals surface area contributed by atoms with E-state index in [-0.39, 0.29) is 12.0 Å². The average molecular weight is 259 g/mol. The molecule has 0 aliphatic heterocycles. The summed E-state index contributed by atoms with van der Waals surface area (Å²) in [4.78, 5) is 11.7. The Morgan fingerprint density at radius 3 is 2.82 bits per heavy atom. The van der Waals surface area contributed by atoms with Gasteiger partial charge >= 0.3 is 5.97 Å². The molecule has 0 heterocycles. The smallest absolute Gasteiger partial charge is 0.323 e. The summed E-state index contributed by atoms with van der Waals surface area (Å²) in [5.41, 5.74) is 0. The Hall–Kier alpha value is -0.220. The zero-order valence-corrected chi connectivity index (χ0v) is 12.0. The molecule has 0 amide bonds. The maximum atomic E-state index is 11.7. The Labute approximate surface area is 109 Å². The van der Waals surface area contributed by atoms with Gasteiger partial charge in [0.2, 0.25) is 0 Å². The van der Waals surface area contributed by atoms with E-state index in [1.165, 1.54) is 25.7 Å². The molecule has 3 unspecified atom stereocenters. The molecule has 17 heavy (non-hydrogen) atoms. The molecule has 0 radical (unpaired) electrons. The molecule has 3 atom stereocenters. The van der Waals surface area contributed by atoms with Crippen LogP contribution in [0.3, 0.4) is 0 Å². The largest absolute Gasteiger partial charge is 0.465 e. The second-order valence-electron chi connectivity index (χ2n) is 4.60. The second kappa shape index (κ2) is 7.98. The third kappa shape index (κ3) is 4.88. The van der Waals surface area contributed by atoms with Gasteiger partial charge in [-0.1, -0.05) is 13.3 Å². The Morgan fingerprint density at radius 1 is 1.47 bits per heavy atom. The van der Waals surface area contributed by atoms with Gasteiger partial charge in [0.05, 0.1) is 6.61 Å². The van der Waals surface area contributed by atoms with Gasteiger partial charge in [-0.3, -0.25) is 4.79 Å². The predicted molar refractivity (Wildman–Crippen MR) is 73.4 cm³/mol. The van der Waals surface area contributed by atoms with E-state index in [4.69, 9.17) is 4.74 Å². The number of hydrogen-bond donors (Lipinski definition) is 1. The molecule has 1 N–H and O–H groups in total. The number of nitrogens with one attached hydrogen (secondary N) is 1. The van der Waals surface area contributed by atoms with Gasteiger partial charge < -0.3 is 10.1 Å². The quantitative estimate of drug-likeness (QED) is 0.744. The van der Waals surface area contributed by atoms with Gasteiger partial charge in [-0.05, 0) is 38.9 Å². The fourth-order valence-electron chi connectivity index (χ4n) is 2.39. The fraction of sp³-hybridized carbons (Fsp3) is 0.923. The number of hydrogen-bond acceptors (Lipinski definition) is 4. The first-order chi connectivity index (χ1) is 8.21. The van der Waals surface area contributed by atoms with Crippen LogP contribution in [0.4, 0.5) is 0 Å². The first-order valence-corrected chi connectivity index (χ1v) is 7.95. The summed E-state index contributed by atoms with van der Waals surface area (Å²) in [7, 11) is 0. The standard InChI is InChI=1S/C13H25NO2S/c1-4-12(13(15)16-5-2)14-10-7-6-8-11(9-10)17-3/h10-12,14H,4-9H2,1-3H3. The van der Waals surface area contributed by atoms with Crippen LogP contribution < -0.4 is 5.32 Å². The minimum Gasteiger partial charge on any atom is -0.465 e. The van der Waals surface area contributed by atoms with Crippen molar-refractivity contribution in [3.8, 4) is 0 Å². The summed E-state index contributed by atoms with van der Waals surface area (Å²) in [5, 5.41) is 4.22. The highest BCUT2D eigenvalue weighted by Crippen LogP contribution is 2.27. The van der Waals surface area contributed by atoms with Crippen molar-refractivity contribution in [2.45, 2.75) is 63.3 Å². The zero-order chi connectivity index (χ0) is 12.7. The van der Waals surface area contributed by atoms with Gasteiger partial charge in [-0.2, -0.15) is 11.8 Å². The minimum absolute atomic E-state index is 0.0960. The predicted octanol–water partition coefficient (Wildman–Crippen LogP) is 2.59. The molecule has 4 heteroatoms. The summed E-state index contributed by atoms with van der Waals surface area (Å²) in [5.74, 6) is -0.0960. The Morgan fingerprint density at radius 2 is 2.24 bits per heavy atom. The van der Waals surface area contributed by atoms with E-state index < -0.39 is 0 Å². The van der Waals surface area contributed by atoms with Crippen LogP contribution in [0.1, 0.15) is 46.0 Å². The van der Waals surface area contributed by atoms with Gasteiger partial charge in [-0.25, -0.2) is 0 Å². The highest BCUT2D eigenvalue weighted by molar-refractivity contribution is 7.99. The molecule has 100 valence electrons. The van der Waals surface area contributed by atoms with E-state index in [2.05, 4.69) is 11.6 Å². The monoisotopic (exact) mass is 259 g/mol. The molecule has 0 aromatic heterocycles. The lowest BCUT2D eigenvalue weighted by Gasteiger charge is -2.31. The van der Waals surface area contributed by atoms with Crippen LogP contribution >= 0.6 is 11.8 Å². The third-order valence-corrected chi connectivity index (χ3v) is 4.47. The Kier molecular flexibility index (Phi) is 6.97. The molecule has 0 saturated heterocycles. The van der Waals surface area contributed by atoms with Crippen molar-refractivity contribution in [3.63, 3.8) is 0 Å². The van der Waals surface area contributed by atoms with Crippen LogP contribution in [0.15, 0.2) is 0 Å². The summed E-state index contributed by atoms with van der Waals surface area (Å²) in [6, 6.07) is 0.358. The van der Waals surface area contributed by atoms with E-state index in [9.17, 15) is 4.79 Å². The molecule has 1 aliphatic rings. The van der Waals surface area contributed by atoms with E-state index in [0.717, 1.165) is 11.7 Å². The normalized spacial score (nSPS) is 26.5. The maximum Gasteiger partial charge on any atom is 0.323 e. The molecular weight excluding hydrogens is 234 g/mol. The molecular formula is C13H25NO2S. The van der Waals surface area contributed by atoms with E-state index in [1.54, 1.807) is 0 Å². The van der Waals surface area contributed by atoms with E-state index >= 15 is 0 Å². The fourth-order valence-corrected chi connectivity index (χ4v) is 3.22. The van der Waals surface area contributed by atoms with Crippen LogP contribution in [-0.2, 0) is 9.53 Å². The van der Waals surface area contributed by atoms with Gasteiger partial charge in [0.25, 0.3) is 0 Å². The van der Waals surface area contributed by atoms with Crippen LogP contribution in [-0.4, -0.2) is 36.2 Å². The topological polar surface area (TPSA) is 38.3 Å². The Balaban J connectivity index is 2.41. The van der Waals surface area contributed by atoms with Crippen molar-refractivity contribution in [2.75, 3.05) is 12.9 Å². The highest BCUT2D eigenvalue weighted by Gasteiger charge is 2.26. The van der Waals surface area contributed by atoms with Crippen molar-refractivity contribution in [1.29, 1.82) is 0 Å². The molecule has 1 saturated carbocycles. The van der Waals surface area contributed by atoms with E-state index in [1.807, 2.05) is 25.6 Å². The zero-order valence-electron chi connectivity index (χ0n) is 11.2. The molecule has 1 rings (SSSR count). The van der Waals surface area contributed by atoms with Crippen molar-refractivity contribution in [2.24, 2.45) is 0 Å². The molecule has 0 aromatic rings. The maximum absolute atomic E-state index is 11.7. The van der Waals surface area contributed by atoms with Crippen molar-refractivity contribution >= 4 is 17.7 Å². The first-order valence-electron chi connectivity index (χ1n) is 6.66. The third-order valence-electron chi connectivity index (χ3n) is 3.38. The molecule has 0 bridgehead atoms. The van der Waals surface area contributed by atoms with Crippen LogP contribution in [0.25, 0.3) is 0 Å². The van der Waals surface area contributed by atoms with Crippen LogP contribution in [0, 0.1) is 0 Å². The van der Waals surface area contributed by atoms with Crippen LogP contribution in [0.5, 0.6) is 0 Å². The van der Waals surface area contributed by atoms with Gasteiger partial charge in [0, 0.05) is 11.3 Å². The number of esters is 1. The number of ether oxygens (including phenoxy) is 1. The first kappa shape index (κ1) is 14.8. The lowest BCUT2D eigenvalue weighted by Crippen LogP contribution is -2.46. The number of carbonyl (C=O) groups is 1. The average Bonchev–Trinajstić information content (AvgIpc) is 2.36. The van der Waals surface area contributed by atoms with Gasteiger partial charge in [0.15, 0.2) is 0 Å². The molecule has 1 fully saturated rings.